The highest BCUT2D eigenvalue weighted by atomic mass is 19.1. The Labute approximate surface area is 121 Å². The van der Waals surface area contributed by atoms with Gasteiger partial charge in [-0.15, -0.1) is 5.10 Å². The first-order chi connectivity index (χ1) is 10.0. The van der Waals surface area contributed by atoms with Gasteiger partial charge in [0.2, 0.25) is 0 Å². The third-order valence-electron chi connectivity index (χ3n) is 3.23. The molecule has 3 rings (SSSR count). The van der Waals surface area contributed by atoms with Crippen molar-refractivity contribution in [3.8, 4) is 17.1 Å². The van der Waals surface area contributed by atoms with Gasteiger partial charge in [0.15, 0.2) is 5.82 Å². The van der Waals surface area contributed by atoms with E-state index in [1.165, 1.54) is 16.8 Å². The molecule has 0 unspecified atom stereocenters. The molecule has 2 N–H and O–H groups in total. The van der Waals surface area contributed by atoms with E-state index in [4.69, 9.17) is 5.73 Å². The molecule has 0 aliphatic carbocycles. The third-order valence-corrected chi connectivity index (χ3v) is 3.23. The summed E-state index contributed by atoms with van der Waals surface area (Å²) in [6.07, 6.45) is 0. The van der Waals surface area contributed by atoms with E-state index in [2.05, 4.69) is 15.5 Å². The maximum atomic E-state index is 13.5. The zero-order valence-electron chi connectivity index (χ0n) is 11.7. The third kappa shape index (κ3) is 2.47. The Morgan fingerprint density at radius 3 is 2.67 bits per heavy atom. The number of nitrogen functional groups attached to an aromatic ring is 1. The molecule has 106 valence electrons. The second-order valence-corrected chi connectivity index (χ2v) is 4.98. The number of rotatable bonds is 2. The first-order valence-corrected chi connectivity index (χ1v) is 6.47. The molecule has 1 heterocycles. The minimum Gasteiger partial charge on any atom is -0.399 e. The smallest absolute Gasteiger partial charge is 0.187 e. The van der Waals surface area contributed by atoms with E-state index >= 15 is 0 Å². The predicted molar refractivity (Wildman–Crippen MR) is 78.4 cm³/mol. The van der Waals surface area contributed by atoms with Gasteiger partial charge < -0.3 is 5.73 Å². The number of halogens is 1. The molecule has 0 spiro atoms. The number of anilines is 1. The van der Waals surface area contributed by atoms with Crippen molar-refractivity contribution in [1.82, 2.24) is 20.2 Å². The van der Waals surface area contributed by atoms with Crippen LogP contribution in [0, 0.1) is 19.7 Å². The fourth-order valence-corrected chi connectivity index (χ4v) is 2.28. The maximum Gasteiger partial charge on any atom is 0.187 e. The lowest BCUT2D eigenvalue weighted by Crippen LogP contribution is -2.03. The number of aryl methyl sites for hydroxylation is 2. The molecular weight excluding hydrogens is 269 g/mol. The molecule has 1 aromatic heterocycles. The lowest BCUT2D eigenvalue weighted by atomic mass is 10.1. The molecule has 21 heavy (non-hydrogen) atoms. The average Bonchev–Trinajstić information content (AvgIpc) is 2.89. The Hall–Kier alpha value is -2.76. The van der Waals surface area contributed by atoms with Crippen molar-refractivity contribution in [3.05, 3.63) is 53.3 Å². The standard InChI is InChI=1S/C15H14FN5/c1-9-5-11(7-13(17)6-9)15-18-19-20-21(15)14-8-12(16)4-3-10(14)2/h3-8H,17H2,1-2H3. The summed E-state index contributed by atoms with van der Waals surface area (Å²) in [6.45, 7) is 3.83. The second-order valence-electron chi connectivity index (χ2n) is 4.98. The fourth-order valence-electron chi connectivity index (χ4n) is 2.28. The van der Waals surface area contributed by atoms with E-state index in [1.54, 1.807) is 12.1 Å². The molecule has 2 aromatic carbocycles. The number of tetrazole rings is 1. The van der Waals surface area contributed by atoms with Crippen LogP contribution < -0.4 is 5.73 Å². The number of hydrogen-bond donors (Lipinski definition) is 1. The second kappa shape index (κ2) is 4.97. The van der Waals surface area contributed by atoms with Gasteiger partial charge in [0.1, 0.15) is 5.82 Å². The monoisotopic (exact) mass is 283 g/mol. The molecule has 3 aromatic rings. The molecule has 0 amide bonds. The highest BCUT2D eigenvalue weighted by Crippen LogP contribution is 2.24. The van der Waals surface area contributed by atoms with Gasteiger partial charge in [-0.05, 0) is 65.7 Å². The van der Waals surface area contributed by atoms with Gasteiger partial charge in [-0.1, -0.05) is 6.07 Å². The summed E-state index contributed by atoms with van der Waals surface area (Å²) in [5, 5.41) is 11.7. The molecule has 0 aliphatic heterocycles. The number of benzene rings is 2. The number of aromatic nitrogens is 4. The van der Waals surface area contributed by atoms with Crippen LogP contribution in [0.3, 0.4) is 0 Å². The summed E-state index contributed by atoms with van der Waals surface area (Å²) >= 11 is 0. The largest absolute Gasteiger partial charge is 0.399 e. The summed E-state index contributed by atoms with van der Waals surface area (Å²) in [4.78, 5) is 0. The molecule has 5 nitrogen and oxygen atoms in total. The summed E-state index contributed by atoms with van der Waals surface area (Å²) in [6, 6.07) is 10.1. The molecule has 0 saturated carbocycles. The Kier molecular flexibility index (Phi) is 3.13. The molecule has 0 radical (unpaired) electrons. The fraction of sp³-hybridized carbons (Fsp3) is 0.133. The van der Waals surface area contributed by atoms with Crippen LogP contribution >= 0.6 is 0 Å². The van der Waals surface area contributed by atoms with Crippen molar-refractivity contribution >= 4 is 5.69 Å². The van der Waals surface area contributed by atoms with Gasteiger partial charge in [0.05, 0.1) is 5.69 Å². The van der Waals surface area contributed by atoms with Crippen LogP contribution in [0.15, 0.2) is 36.4 Å². The van der Waals surface area contributed by atoms with Crippen LogP contribution in [-0.4, -0.2) is 20.2 Å². The van der Waals surface area contributed by atoms with E-state index < -0.39 is 0 Å². The van der Waals surface area contributed by atoms with E-state index in [9.17, 15) is 4.39 Å². The minimum absolute atomic E-state index is 0.333. The van der Waals surface area contributed by atoms with Crippen LogP contribution in [-0.2, 0) is 0 Å². The van der Waals surface area contributed by atoms with E-state index in [-0.39, 0.29) is 5.82 Å². The summed E-state index contributed by atoms with van der Waals surface area (Å²) in [5.74, 6) is 0.194. The van der Waals surface area contributed by atoms with Gasteiger partial charge >= 0.3 is 0 Å². The number of hydrogen-bond acceptors (Lipinski definition) is 4. The molecular formula is C15H14FN5. The quantitative estimate of drug-likeness (QED) is 0.734. The zero-order chi connectivity index (χ0) is 15.0. The molecule has 0 atom stereocenters. The molecule has 0 aliphatic rings. The van der Waals surface area contributed by atoms with Crippen LogP contribution in [0.1, 0.15) is 11.1 Å². The van der Waals surface area contributed by atoms with E-state index in [0.29, 0.717) is 17.2 Å². The van der Waals surface area contributed by atoms with Gasteiger partial charge in [-0.25, -0.2) is 4.39 Å². The summed E-state index contributed by atoms with van der Waals surface area (Å²) in [7, 11) is 0. The zero-order valence-corrected chi connectivity index (χ0v) is 11.7. The Morgan fingerprint density at radius 1 is 1.10 bits per heavy atom. The summed E-state index contributed by atoms with van der Waals surface area (Å²) in [5.41, 5.74) is 9.79. The SMILES string of the molecule is Cc1cc(N)cc(-c2nnnn2-c2cc(F)ccc2C)c1. The van der Waals surface area contributed by atoms with Crippen molar-refractivity contribution < 1.29 is 4.39 Å². The van der Waals surface area contributed by atoms with Gasteiger partial charge in [0.25, 0.3) is 0 Å². The first-order valence-electron chi connectivity index (χ1n) is 6.47. The predicted octanol–water partition coefficient (Wildman–Crippen LogP) is 2.67. The highest BCUT2D eigenvalue weighted by molar-refractivity contribution is 5.64. The number of nitrogens with two attached hydrogens (primary N) is 1. The van der Waals surface area contributed by atoms with Gasteiger partial charge in [-0.2, -0.15) is 4.68 Å². The summed E-state index contributed by atoms with van der Waals surface area (Å²) < 4.78 is 15.0. The van der Waals surface area contributed by atoms with Crippen molar-refractivity contribution in [2.24, 2.45) is 0 Å². The van der Waals surface area contributed by atoms with Crippen LogP contribution in [0.25, 0.3) is 17.1 Å². The normalized spacial score (nSPS) is 10.8. The average molecular weight is 283 g/mol. The maximum absolute atomic E-state index is 13.5. The van der Waals surface area contributed by atoms with Gasteiger partial charge in [-0.3, -0.25) is 0 Å². The molecule has 0 saturated heterocycles. The van der Waals surface area contributed by atoms with E-state index in [0.717, 1.165) is 16.7 Å². The Balaban J connectivity index is 2.19. The minimum atomic E-state index is -0.333. The Morgan fingerprint density at radius 2 is 1.90 bits per heavy atom. The van der Waals surface area contributed by atoms with Crippen LogP contribution in [0.2, 0.25) is 0 Å². The topological polar surface area (TPSA) is 69.6 Å². The van der Waals surface area contributed by atoms with E-state index in [1.807, 2.05) is 26.0 Å². The highest BCUT2D eigenvalue weighted by Gasteiger charge is 2.14. The van der Waals surface area contributed by atoms with Crippen molar-refractivity contribution in [1.29, 1.82) is 0 Å². The number of nitrogens with zero attached hydrogens (tertiary/aromatic N) is 4. The molecule has 6 heteroatoms. The lowest BCUT2D eigenvalue weighted by Gasteiger charge is -2.09. The van der Waals surface area contributed by atoms with Crippen molar-refractivity contribution in [3.63, 3.8) is 0 Å². The lowest BCUT2D eigenvalue weighted by molar-refractivity contribution is 0.624. The van der Waals surface area contributed by atoms with Crippen molar-refractivity contribution in [2.75, 3.05) is 5.73 Å². The molecule has 0 fully saturated rings. The van der Waals surface area contributed by atoms with Crippen LogP contribution in [0.5, 0.6) is 0 Å². The van der Waals surface area contributed by atoms with Crippen LogP contribution in [0.4, 0.5) is 10.1 Å². The first kappa shape index (κ1) is 13.2. The molecule has 0 bridgehead atoms. The Bertz CT molecular complexity index is 789. The van der Waals surface area contributed by atoms with Crippen molar-refractivity contribution in [2.45, 2.75) is 13.8 Å². The van der Waals surface area contributed by atoms with Gasteiger partial charge in [0, 0.05) is 11.3 Å².